The summed E-state index contributed by atoms with van der Waals surface area (Å²) in [6.45, 7) is 0. The SMILES string of the molecule is O=C(O)C(NC1CCC(n2c(=O)[nH]c3ccccc32)CC1)c1ccccc1. The third kappa shape index (κ3) is 3.53. The van der Waals surface area contributed by atoms with Gasteiger partial charge >= 0.3 is 11.7 Å². The second-order valence-electron chi connectivity index (χ2n) is 7.17. The Hall–Kier alpha value is -2.86. The van der Waals surface area contributed by atoms with Crippen molar-refractivity contribution in [1.82, 2.24) is 14.9 Å². The Labute approximate surface area is 156 Å². The fourth-order valence-corrected chi connectivity index (χ4v) is 4.13. The van der Waals surface area contributed by atoms with E-state index < -0.39 is 12.0 Å². The van der Waals surface area contributed by atoms with Gasteiger partial charge in [0.05, 0.1) is 11.0 Å². The topological polar surface area (TPSA) is 87.1 Å². The highest BCUT2D eigenvalue weighted by atomic mass is 16.4. The number of carbonyl (C=O) groups is 1. The van der Waals surface area contributed by atoms with Crippen LogP contribution in [0, 0.1) is 0 Å². The van der Waals surface area contributed by atoms with Crippen LogP contribution in [0.3, 0.4) is 0 Å². The van der Waals surface area contributed by atoms with Gasteiger partial charge in [-0.25, -0.2) is 4.79 Å². The molecule has 1 saturated carbocycles. The number of nitrogens with one attached hydrogen (secondary N) is 2. The summed E-state index contributed by atoms with van der Waals surface area (Å²) in [4.78, 5) is 27.0. The van der Waals surface area contributed by atoms with Crippen molar-refractivity contribution in [3.05, 3.63) is 70.6 Å². The Balaban J connectivity index is 1.46. The molecule has 3 N–H and O–H groups in total. The molecule has 27 heavy (non-hydrogen) atoms. The second kappa shape index (κ2) is 7.40. The van der Waals surface area contributed by atoms with Gasteiger partial charge in [-0.2, -0.15) is 0 Å². The molecule has 140 valence electrons. The molecule has 0 spiro atoms. The second-order valence-corrected chi connectivity index (χ2v) is 7.17. The lowest BCUT2D eigenvalue weighted by Crippen LogP contribution is -2.40. The molecule has 0 aliphatic heterocycles. The van der Waals surface area contributed by atoms with Crippen molar-refractivity contribution < 1.29 is 9.90 Å². The number of aromatic nitrogens is 2. The summed E-state index contributed by atoms with van der Waals surface area (Å²) in [6.07, 6.45) is 3.38. The van der Waals surface area contributed by atoms with E-state index in [-0.39, 0.29) is 17.8 Å². The summed E-state index contributed by atoms with van der Waals surface area (Å²) in [5, 5.41) is 12.9. The number of carboxylic acids is 1. The summed E-state index contributed by atoms with van der Waals surface area (Å²) in [5.74, 6) is -0.865. The van der Waals surface area contributed by atoms with Crippen LogP contribution in [0.4, 0.5) is 0 Å². The van der Waals surface area contributed by atoms with E-state index in [2.05, 4.69) is 10.3 Å². The van der Waals surface area contributed by atoms with Crippen LogP contribution >= 0.6 is 0 Å². The van der Waals surface area contributed by atoms with Gasteiger partial charge in [-0.1, -0.05) is 42.5 Å². The maximum Gasteiger partial charge on any atom is 0.326 e. The number of carboxylic acid groups (broad SMARTS) is 1. The molecule has 1 atom stereocenters. The monoisotopic (exact) mass is 365 g/mol. The van der Waals surface area contributed by atoms with E-state index in [9.17, 15) is 14.7 Å². The standard InChI is InChI=1S/C21H23N3O3/c25-20(26)19(14-6-2-1-3-7-14)22-15-10-12-16(13-11-15)24-18-9-5-4-8-17(18)23-21(24)27/h1-9,15-16,19,22H,10-13H2,(H,23,27)(H,25,26). The van der Waals surface area contributed by atoms with Crippen molar-refractivity contribution in [2.45, 2.75) is 43.8 Å². The van der Waals surface area contributed by atoms with Gasteiger partial charge in [-0.15, -0.1) is 0 Å². The van der Waals surface area contributed by atoms with E-state index in [1.807, 2.05) is 59.2 Å². The highest BCUT2D eigenvalue weighted by molar-refractivity contribution is 5.76. The molecular formula is C21H23N3O3. The minimum Gasteiger partial charge on any atom is -0.480 e. The molecule has 1 aliphatic rings. The lowest BCUT2D eigenvalue weighted by atomic mass is 9.90. The van der Waals surface area contributed by atoms with Crippen LogP contribution in [-0.4, -0.2) is 26.7 Å². The summed E-state index contributed by atoms with van der Waals surface area (Å²) < 4.78 is 1.86. The van der Waals surface area contributed by atoms with Crippen LogP contribution in [0.1, 0.15) is 43.3 Å². The Kier molecular flexibility index (Phi) is 4.81. The highest BCUT2D eigenvalue weighted by Gasteiger charge is 2.28. The predicted molar refractivity (Wildman–Crippen MR) is 104 cm³/mol. The normalized spacial score (nSPS) is 21.2. The number of para-hydroxylation sites is 2. The quantitative estimate of drug-likeness (QED) is 0.648. The van der Waals surface area contributed by atoms with E-state index in [4.69, 9.17) is 0 Å². The maximum absolute atomic E-state index is 12.4. The molecule has 4 rings (SSSR count). The molecule has 3 aromatic rings. The molecule has 1 unspecified atom stereocenters. The Bertz CT molecular complexity index is 985. The molecule has 1 aromatic heterocycles. The number of benzene rings is 2. The molecule has 1 fully saturated rings. The van der Waals surface area contributed by atoms with Crippen LogP contribution in [0.5, 0.6) is 0 Å². The van der Waals surface area contributed by atoms with Crippen LogP contribution in [-0.2, 0) is 4.79 Å². The molecule has 0 saturated heterocycles. The molecule has 6 heteroatoms. The molecule has 6 nitrogen and oxygen atoms in total. The van der Waals surface area contributed by atoms with Crippen LogP contribution < -0.4 is 11.0 Å². The number of aromatic amines is 1. The van der Waals surface area contributed by atoms with Crippen LogP contribution in [0.2, 0.25) is 0 Å². The molecule has 0 bridgehead atoms. The number of aliphatic carboxylic acids is 1. The summed E-state index contributed by atoms with van der Waals surface area (Å²) >= 11 is 0. The van der Waals surface area contributed by atoms with Gasteiger partial charge in [0, 0.05) is 12.1 Å². The lowest BCUT2D eigenvalue weighted by molar-refractivity contribution is -0.140. The zero-order chi connectivity index (χ0) is 18.8. The fraction of sp³-hybridized carbons (Fsp3) is 0.333. The Morgan fingerprint density at radius 2 is 1.70 bits per heavy atom. The smallest absolute Gasteiger partial charge is 0.326 e. The van der Waals surface area contributed by atoms with Crippen molar-refractivity contribution in [3.63, 3.8) is 0 Å². The van der Waals surface area contributed by atoms with Crippen molar-refractivity contribution >= 4 is 17.0 Å². The zero-order valence-corrected chi connectivity index (χ0v) is 15.0. The van der Waals surface area contributed by atoms with Gasteiger partial charge in [0.1, 0.15) is 6.04 Å². The van der Waals surface area contributed by atoms with Crippen molar-refractivity contribution in [2.24, 2.45) is 0 Å². The van der Waals surface area contributed by atoms with Gasteiger partial charge in [0.2, 0.25) is 0 Å². The summed E-state index contributed by atoms with van der Waals surface area (Å²) in [7, 11) is 0. The number of hydrogen-bond donors (Lipinski definition) is 3. The van der Waals surface area contributed by atoms with Gasteiger partial charge in [-0.3, -0.25) is 14.7 Å². The molecular weight excluding hydrogens is 342 g/mol. The Morgan fingerprint density at radius 1 is 1.04 bits per heavy atom. The Morgan fingerprint density at radius 3 is 2.41 bits per heavy atom. The minimum absolute atomic E-state index is 0.0692. The van der Waals surface area contributed by atoms with E-state index in [0.717, 1.165) is 42.3 Å². The number of imidazole rings is 1. The highest BCUT2D eigenvalue weighted by Crippen LogP contribution is 2.31. The van der Waals surface area contributed by atoms with Crippen LogP contribution in [0.25, 0.3) is 11.0 Å². The van der Waals surface area contributed by atoms with E-state index in [1.165, 1.54) is 0 Å². The van der Waals surface area contributed by atoms with Crippen molar-refractivity contribution in [3.8, 4) is 0 Å². The predicted octanol–water partition coefficient (Wildman–Crippen LogP) is 3.23. The zero-order valence-electron chi connectivity index (χ0n) is 15.0. The lowest BCUT2D eigenvalue weighted by Gasteiger charge is -2.31. The molecule has 0 amide bonds. The first-order chi connectivity index (χ1) is 13.1. The minimum atomic E-state index is -0.865. The molecule has 2 aromatic carbocycles. The molecule has 1 aliphatic carbocycles. The number of hydrogen-bond acceptors (Lipinski definition) is 3. The van der Waals surface area contributed by atoms with Gasteiger partial charge in [0.25, 0.3) is 0 Å². The fourth-order valence-electron chi connectivity index (χ4n) is 4.13. The summed E-state index contributed by atoms with van der Waals surface area (Å²) in [5.41, 5.74) is 2.49. The number of H-pyrrole nitrogens is 1. The number of fused-ring (bicyclic) bond motifs is 1. The van der Waals surface area contributed by atoms with E-state index >= 15 is 0 Å². The first-order valence-electron chi connectivity index (χ1n) is 9.36. The number of rotatable bonds is 5. The number of nitrogens with zero attached hydrogens (tertiary/aromatic N) is 1. The van der Waals surface area contributed by atoms with Gasteiger partial charge < -0.3 is 10.1 Å². The van der Waals surface area contributed by atoms with E-state index in [0.29, 0.717) is 0 Å². The third-order valence-corrected chi connectivity index (χ3v) is 5.47. The van der Waals surface area contributed by atoms with Gasteiger partial charge in [-0.05, 0) is 43.4 Å². The average Bonchev–Trinajstić information content (AvgIpc) is 3.03. The first-order valence-corrected chi connectivity index (χ1v) is 9.36. The first kappa shape index (κ1) is 17.5. The van der Waals surface area contributed by atoms with E-state index in [1.54, 1.807) is 0 Å². The van der Waals surface area contributed by atoms with Crippen LogP contribution in [0.15, 0.2) is 59.4 Å². The van der Waals surface area contributed by atoms with Crippen molar-refractivity contribution in [1.29, 1.82) is 0 Å². The maximum atomic E-state index is 12.4. The van der Waals surface area contributed by atoms with Gasteiger partial charge in [0.15, 0.2) is 0 Å². The summed E-state index contributed by atoms with van der Waals surface area (Å²) in [6, 6.07) is 16.6. The average molecular weight is 365 g/mol. The van der Waals surface area contributed by atoms with Crippen molar-refractivity contribution in [2.75, 3.05) is 0 Å². The molecule has 0 radical (unpaired) electrons. The largest absolute Gasteiger partial charge is 0.480 e. The third-order valence-electron chi connectivity index (χ3n) is 5.47. The molecule has 1 heterocycles.